The number of pyridine rings is 1. The third kappa shape index (κ3) is 6.14. The average Bonchev–Trinajstić information content (AvgIpc) is 2.96. The SMILES string of the molecule is COC(=O)c1cc2c(Nc3cc(-c4cc(Cl)ccc4F)nnc3C)ccnc2cc1OCCN1CCN(C)CC1. The number of nitrogens with one attached hydrogen (secondary N) is 1. The van der Waals surface area contributed by atoms with E-state index in [9.17, 15) is 9.18 Å². The van der Waals surface area contributed by atoms with Crippen molar-refractivity contribution in [3.05, 3.63) is 70.8 Å². The lowest BCUT2D eigenvalue weighted by molar-refractivity contribution is 0.0595. The Morgan fingerprint density at radius 3 is 2.65 bits per heavy atom. The number of halogens is 2. The zero-order valence-electron chi connectivity index (χ0n) is 22.6. The lowest BCUT2D eigenvalue weighted by Crippen LogP contribution is -2.45. The number of ether oxygens (including phenoxy) is 2. The molecule has 9 nitrogen and oxygen atoms in total. The van der Waals surface area contributed by atoms with Gasteiger partial charge in [0.05, 0.1) is 29.7 Å². The van der Waals surface area contributed by atoms with Gasteiger partial charge in [0.2, 0.25) is 0 Å². The normalized spacial score (nSPS) is 14.3. The summed E-state index contributed by atoms with van der Waals surface area (Å²) >= 11 is 6.08. The van der Waals surface area contributed by atoms with Crippen molar-refractivity contribution in [1.82, 2.24) is 25.0 Å². The van der Waals surface area contributed by atoms with Gasteiger partial charge in [-0.1, -0.05) is 11.6 Å². The molecule has 1 saturated heterocycles. The van der Waals surface area contributed by atoms with Crippen LogP contribution < -0.4 is 10.1 Å². The van der Waals surface area contributed by atoms with Crippen LogP contribution >= 0.6 is 11.6 Å². The zero-order valence-corrected chi connectivity index (χ0v) is 23.3. The Morgan fingerprint density at radius 2 is 1.88 bits per heavy atom. The Hall–Kier alpha value is -3.86. The van der Waals surface area contributed by atoms with Crippen LogP contribution in [-0.4, -0.2) is 84.4 Å². The number of fused-ring (bicyclic) bond motifs is 1. The third-order valence-electron chi connectivity index (χ3n) is 6.96. The van der Waals surface area contributed by atoms with Crippen LogP contribution in [-0.2, 0) is 4.74 Å². The fourth-order valence-corrected chi connectivity index (χ4v) is 4.75. The maximum Gasteiger partial charge on any atom is 0.341 e. The maximum atomic E-state index is 14.5. The van der Waals surface area contributed by atoms with Crippen molar-refractivity contribution in [3.8, 4) is 17.0 Å². The standard InChI is InChI=1S/C29H30ClFN6O3/c1-18-25(16-27(35-34-18)20-14-19(30)4-5-23(20)31)33-24-6-7-32-26-17-28(22(15-21(24)26)29(38)39-3)40-13-12-37-10-8-36(2)9-11-37/h4-7,14-17H,8-13H2,1-3H3,(H,32,33,35). The van der Waals surface area contributed by atoms with Crippen LogP contribution in [0.4, 0.5) is 15.8 Å². The van der Waals surface area contributed by atoms with Gasteiger partial charge in [0.15, 0.2) is 0 Å². The van der Waals surface area contributed by atoms with Gasteiger partial charge in [0.25, 0.3) is 0 Å². The molecule has 0 atom stereocenters. The van der Waals surface area contributed by atoms with E-state index in [1.54, 1.807) is 37.4 Å². The van der Waals surface area contributed by atoms with E-state index in [0.29, 0.717) is 56.6 Å². The van der Waals surface area contributed by atoms with Crippen molar-refractivity contribution >= 4 is 39.8 Å². The minimum atomic E-state index is -0.508. The van der Waals surface area contributed by atoms with Gasteiger partial charge < -0.3 is 19.7 Å². The predicted molar refractivity (Wildman–Crippen MR) is 153 cm³/mol. The molecular weight excluding hydrogens is 535 g/mol. The molecule has 3 heterocycles. The molecule has 1 aliphatic heterocycles. The summed E-state index contributed by atoms with van der Waals surface area (Å²) in [5, 5.41) is 12.8. The molecule has 0 bridgehead atoms. The fraction of sp³-hybridized carbons (Fsp3) is 0.310. The second-order valence-corrected chi connectivity index (χ2v) is 10.1. The molecule has 1 fully saturated rings. The van der Waals surface area contributed by atoms with Crippen molar-refractivity contribution in [2.45, 2.75) is 6.92 Å². The van der Waals surface area contributed by atoms with Gasteiger partial charge in [-0.3, -0.25) is 9.88 Å². The van der Waals surface area contributed by atoms with Gasteiger partial charge in [-0.2, -0.15) is 10.2 Å². The van der Waals surface area contributed by atoms with Crippen LogP contribution in [0.1, 0.15) is 16.1 Å². The highest BCUT2D eigenvalue weighted by Gasteiger charge is 2.19. The second-order valence-electron chi connectivity index (χ2n) is 9.69. The highest BCUT2D eigenvalue weighted by molar-refractivity contribution is 6.30. The molecule has 0 radical (unpaired) electrons. The predicted octanol–water partition coefficient (Wildman–Crippen LogP) is 4.95. The lowest BCUT2D eigenvalue weighted by Gasteiger charge is -2.32. The zero-order chi connectivity index (χ0) is 28.2. The number of anilines is 2. The van der Waals surface area contributed by atoms with Crippen molar-refractivity contribution in [2.75, 3.05) is 58.8 Å². The van der Waals surface area contributed by atoms with E-state index in [1.165, 1.54) is 25.3 Å². The van der Waals surface area contributed by atoms with E-state index in [4.69, 9.17) is 21.1 Å². The maximum absolute atomic E-state index is 14.5. The molecule has 40 heavy (non-hydrogen) atoms. The first kappa shape index (κ1) is 27.7. The van der Waals surface area contributed by atoms with Crippen molar-refractivity contribution in [3.63, 3.8) is 0 Å². The number of piperazine rings is 1. The average molecular weight is 565 g/mol. The number of aromatic nitrogens is 3. The summed E-state index contributed by atoms with van der Waals surface area (Å²) in [5.41, 5.74) is 3.40. The van der Waals surface area contributed by atoms with E-state index < -0.39 is 11.8 Å². The molecule has 0 amide bonds. The van der Waals surface area contributed by atoms with E-state index in [2.05, 4.69) is 37.3 Å². The van der Waals surface area contributed by atoms with E-state index >= 15 is 0 Å². The summed E-state index contributed by atoms with van der Waals surface area (Å²) in [6.07, 6.45) is 1.66. The molecule has 1 aliphatic rings. The molecule has 0 saturated carbocycles. The molecule has 0 spiro atoms. The van der Waals surface area contributed by atoms with Crippen LogP contribution in [0.5, 0.6) is 5.75 Å². The summed E-state index contributed by atoms with van der Waals surface area (Å²) in [6.45, 7) is 6.98. The smallest absolute Gasteiger partial charge is 0.341 e. The van der Waals surface area contributed by atoms with Gasteiger partial charge >= 0.3 is 5.97 Å². The minimum Gasteiger partial charge on any atom is -0.491 e. The number of carbonyl (C=O) groups excluding carboxylic acids is 1. The number of methoxy groups -OCH3 is 1. The van der Waals surface area contributed by atoms with Gasteiger partial charge in [0.1, 0.15) is 23.7 Å². The molecule has 4 aromatic rings. The number of hydrogen-bond donors (Lipinski definition) is 1. The van der Waals surface area contributed by atoms with Crippen LogP contribution in [0.25, 0.3) is 22.2 Å². The van der Waals surface area contributed by atoms with E-state index in [-0.39, 0.29) is 5.56 Å². The monoisotopic (exact) mass is 564 g/mol. The number of nitrogens with zero attached hydrogens (tertiary/aromatic N) is 5. The molecule has 2 aromatic heterocycles. The molecule has 11 heteroatoms. The highest BCUT2D eigenvalue weighted by Crippen LogP contribution is 2.33. The van der Waals surface area contributed by atoms with Crippen LogP contribution in [0.2, 0.25) is 5.02 Å². The summed E-state index contributed by atoms with van der Waals surface area (Å²) in [6, 6.07) is 11.2. The molecule has 0 aliphatic carbocycles. The molecule has 208 valence electrons. The number of likely N-dealkylation sites (N-methyl/N-ethyl adjacent to an activating group) is 1. The number of benzene rings is 2. The lowest BCUT2D eigenvalue weighted by atomic mass is 10.1. The third-order valence-corrected chi connectivity index (χ3v) is 7.20. The van der Waals surface area contributed by atoms with Gasteiger partial charge in [-0.15, -0.1) is 0 Å². The summed E-state index contributed by atoms with van der Waals surface area (Å²) < 4.78 is 25.6. The quantitative estimate of drug-likeness (QED) is 0.298. The Morgan fingerprint density at radius 1 is 1.07 bits per heavy atom. The van der Waals surface area contributed by atoms with E-state index in [0.717, 1.165) is 32.7 Å². The first-order valence-electron chi connectivity index (χ1n) is 12.9. The molecule has 1 N–H and O–H groups in total. The molecule has 2 aromatic carbocycles. The van der Waals surface area contributed by atoms with Crippen molar-refractivity contribution in [1.29, 1.82) is 0 Å². The number of hydrogen-bond acceptors (Lipinski definition) is 9. The number of esters is 1. The minimum absolute atomic E-state index is 0.244. The fourth-order valence-electron chi connectivity index (χ4n) is 4.58. The Kier molecular flexibility index (Phi) is 8.39. The Labute approximate surface area is 236 Å². The number of aryl methyl sites for hydroxylation is 1. The molecule has 0 unspecified atom stereocenters. The van der Waals surface area contributed by atoms with Crippen LogP contribution in [0.3, 0.4) is 0 Å². The van der Waals surface area contributed by atoms with Crippen LogP contribution in [0.15, 0.2) is 48.7 Å². The summed E-state index contributed by atoms with van der Waals surface area (Å²) in [4.78, 5) is 21.9. The number of carbonyl (C=O) groups is 1. The first-order chi connectivity index (χ1) is 19.3. The van der Waals surface area contributed by atoms with Crippen molar-refractivity contribution in [2.24, 2.45) is 0 Å². The largest absolute Gasteiger partial charge is 0.491 e. The second kappa shape index (κ2) is 12.1. The van der Waals surface area contributed by atoms with Crippen molar-refractivity contribution < 1.29 is 18.7 Å². The Balaban J connectivity index is 1.44. The molecule has 5 rings (SSSR count). The van der Waals surface area contributed by atoms with E-state index in [1.807, 2.05) is 0 Å². The summed E-state index contributed by atoms with van der Waals surface area (Å²) in [5.74, 6) is -0.545. The van der Waals surface area contributed by atoms with Gasteiger partial charge in [-0.25, -0.2) is 9.18 Å². The Bertz CT molecular complexity index is 1540. The first-order valence-corrected chi connectivity index (χ1v) is 13.3. The van der Waals surface area contributed by atoms with Crippen LogP contribution in [0, 0.1) is 12.7 Å². The highest BCUT2D eigenvalue weighted by atomic mass is 35.5. The van der Waals surface area contributed by atoms with Gasteiger partial charge in [0, 0.05) is 66.6 Å². The molecular formula is C29H30ClFN6O3. The topological polar surface area (TPSA) is 92.7 Å². The summed E-state index contributed by atoms with van der Waals surface area (Å²) in [7, 11) is 3.46. The number of rotatable bonds is 8. The van der Waals surface area contributed by atoms with Gasteiger partial charge in [-0.05, 0) is 50.4 Å².